The number of guanidine groups is 1. The Hall–Kier alpha value is -2.08. The van der Waals surface area contributed by atoms with Gasteiger partial charge in [-0.1, -0.05) is 31.5 Å². The summed E-state index contributed by atoms with van der Waals surface area (Å²) < 4.78 is 1.99. The molecule has 0 atom stereocenters. The van der Waals surface area contributed by atoms with E-state index in [2.05, 4.69) is 39.6 Å². The summed E-state index contributed by atoms with van der Waals surface area (Å²) in [5.41, 5.74) is 4.83. The van der Waals surface area contributed by atoms with Crippen molar-refractivity contribution >= 4 is 17.6 Å². The van der Waals surface area contributed by atoms with E-state index in [1.54, 1.807) is 13.2 Å². The van der Waals surface area contributed by atoms with Crippen LogP contribution in [-0.2, 0) is 32.9 Å². The lowest BCUT2D eigenvalue weighted by atomic mass is 10.1. The Labute approximate surface area is 154 Å². The molecule has 0 unspecified atom stereocenters. The highest BCUT2D eigenvalue weighted by molar-refractivity contribution is 6.29. The Morgan fingerprint density at radius 1 is 1.24 bits per heavy atom. The van der Waals surface area contributed by atoms with Gasteiger partial charge in [-0.05, 0) is 30.9 Å². The molecule has 0 saturated carbocycles. The Morgan fingerprint density at radius 3 is 2.64 bits per heavy atom. The second kappa shape index (κ2) is 9.42. The van der Waals surface area contributed by atoms with Gasteiger partial charge in [0, 0.05) is 44.6 Å². The van der Waals surface area contributed by atoms with Crippen LogP contribution in [0.3, 0.4) is 0 Å². The number of pyridine rings is 1. The van der Waals surface area contributed by atoms with E-state index < -0.39 is 0 Å². The van der Waals surface area contributed by atoms with Gasteiger partial charge in [-0.25, -0.2) is 4.98 Å². The molecule has 0 aliphatic heterocycles. The zero-order valence-electron chi connectivity index (χ0n) is 15.4. The van der Waals surface area contributed by atoms with Crippen molar-refractivity contribution in [3.63, 3.8) is 0 Å². The second-order valence-corrected chi connectivity index (χ2v) is 6.18. The van der Waals surface area contributed by atoms with Crippen LogP contribution in [-0.4, -0.2) is 34.3 Å². The van der Waals surface area contributed by atoms with Crippen molar-refractivity contribution in [2.75, 3.05) is 13.6 Å². The summed E-state index contributed by atoms with van der Waals surface area (Å²) in [6.07, 6.45) is 4.56. The standard InChI is InChI=1S/C18H27ClN6/c1-5-15-14(16(6-2)25(4)24-15)12-23-18(20-3)21-10-9-13-7-8-17(19)22-11-13/h7-8,11H,5-6,9-10,12H2,1-4H3,(H2,20,21,23). The summed E-state index contributed by atoms with van der Waals surface area (Å²) >= 11 is 5.81. The summed E-state index contributed by atoms with van der Waals surface area (Å²) in [5, 5.41) is 11.9. The third-order valence-corrected chi connectivity index (χ3v) is 4.40. The fourth-order valence-electron chi connectivity index (χ4n) is 2.87. The first kappa shape index (κ1) is 19.2. The highest BCUT2D eigenvalue weighted by Gasteiger charge is 2.13. The number of aliphatic imine (C=N–C) groups is 1. The third-order valence-electron chi connectivity index (χ3n) is 4.18. The second-order valence-electron chi connectivity index (χ2n) is 5.79. The molecule has 2 rings (SSSR count). The van der Waals surface area contributed by atoms with Gasteiger partial charge in [0.1, 0.15) is 5.15 Å². The van der Waals surface area contributed by atoms with Crippen molar-refractivity contribution < 1.29 is 0 Å². The van der Waals surface area contributed by atoms with Crippen LogP contribution in [0.5, 0.6) is 0 Å². The normalized spacial score (nSPS) is 11.6. The van der Waals surface area contributed by atoms with Crippen LogP contribution < -0.4 is 10.6 Å². The lowest BCUT2D eigenvalue weighted by Crippen LogP contribution is -2.38. The quantitative estimate of drug-likeness (QED) is 0.451. The van der Waals surface area contributed by atoms with Crippen molar-refractivity contribution in [3.05, 3.63) is 46.0 Å². The monoisotopic (exact) mass is 362 g/mol. The number of halogens is 1. The van der Waals surface area contributed by atoms with Gasteiger partial charge in [0.2, 0.25) is 0 Å². The molecule has 0 amide bonds. The van der Waals surface area contributed by atoms with Crippen LogP contribution in [0.25, 0.3) is 0 Å². The van der Waals surface area contributed by atoms with E-state index >= 15 is 0 Å². The molecule has 0 aromatic carbocycles. The van der Waals surface area contributed by atoms with Gasteiger partial charge < -0.3 is 10.6 Å². The summed E-state index contributed by atoms with van der Waals surface area (Å²) in [5.74, 6) is 0.787. The number of nitrogens with one attached hydrogen (secondary N) is 2. The smallest absolute Gasteiger partial charge is 0.191 e. The molecule has 2 heterocycles. The highest BCUT2D eigenvalue weighted by atomic mass is 35.5. The van der Waals surface area contributed by atoms with Crippen LogP contribution in [0.4, 0.5) is 0 Å². The summed E-state index contributed by atoms with van der Waals surface area (Å²) in [7, 11) is 3.79. The fraction of sp³-hybridized carbons (Fsp3) is 0.500. The van der Waals surface area contributed by atoms with Gasteiger partial charge in [0.05, 0.1) is 5.69 Å². The van der Waals surface area contributed by atoms with Crippen molar-refractivity contribution in [1.29, 1.82) is 0 Å². The third kappa shape index (κ3) is 5.19. The molecule has 0 aliphatic carbocycles. The first-order chi connectivity index (χ1) is 12.1. The lowest BCUT2D eigenvalue weighted by molar-refractivity contribution is 0.702. The number of rotatable bonds is 7. The van der Waals surface area contributed by atoms with E-state index in [9.17, 15) is 0 Å². The molecular weight excluding hydrogens is 336 g/mol. The maximum Gasteiger partial charge on any atom is 0.191 e. The van der Waals surface area contributed by atoms with Crippen LogP contribution in [0.15, 0.2) is 23.3 Å². The minimum Gasteiger partial charge on any atom is -0.356 e. The molecule has 7 heteroatoms. The van der Waals surface area contributed by atoms with E-state index in [-0.39, 0.29) is 0 Å². The number of aromatic nitrogens is 3. The van der Waals surface area contributed by atoms with E-state index in [0.29, 0.717) is 5.15 Å². The number of aryl methyl sites for hydroxylation is 2. The molecule has 136 valence electrons. The first-order valence-electron chi connectivity index (χ1n) is 8.67. The predicted molar refractivity (Wildman–Crippen MR) is 103 cm³/mol. The average Bonchev–Trinajstić information content (AvgIpc) is 2.94. The van der Waals surface area contributed by atoms with Crippen LogP contribution in [0, 0.1) is 0 Å². The Kier molecular flexibility index (Phi) is 7.25. The van der Waals surface area contributed by atoms with Gasteiger partial charge in [-0.15, -0.1) is 0 Å². The molecule has 0 spiro atoms. The van der Waals surface area contributed by atoms with Gasteiger partial charge in [0.25, 0.3) is 0 Å². The van der Waals surface area contributed by atoms with Crippen molar-refractivity contribution in [2.45, 2.75) is 39.7 Å². The molecule has 6 nitrogen and oxygen atoms in total. The maximum absolute atomic E-state index is 5.81. The van der Waals surface area contributed by atoms with Gasteiger partial charge in [-0.3, -0.25) is 9.67 Å². The zero-order valence-corrected chi connectivity index (χ0v) is 16.2. The zero-order chi connectivity index (χ0) is 18.2. The lowest BCUT2D eigenvalue weighted by Gasteiger charge is -2.13. The Morgan fingerprint density at radius 2 is 2.04 bits per heavy atom. The molecule has 25 heavy (non-hydrogen) atoms. The van der Waals surface area contributed by atoms with Gasteiger partial charge >= 0.3 is 0 Å². The topological polar surface area (TPSA) is 67.1 Å². The Balaban J connectivity index is 1.89. The van der Waals surface area contributed by atoms with E-state index in [1.165, 1.54) is 11.3 Å². The molecule has 2 aromatic heterocycles. The van der Waals surface area contributed by atoms with Gasteiger partial charge in [-0.2, -0.15) is 5.10 Å². The molecule has 0 aliphatic rings. The molecule has 0 fully saturated rings. The molecule has 2 aromatic rings. The van der Waals surface area contributed by atoms with Crippen LogP contribution in [0.2, 0.25) is 5.15 Å². The number of nitrogens with zero attached hydrogens (tertiary/aromatic N) is 4. The molecule has 2 N–H and O–H groups in total. The summed E-state index contributed by atoms with van der Waals surface area (Å²) in [6.45, 7) is 5.80. The minimum absolute atomic E-state index is 0.518. The fourth-order valence-corrected chi connectivity index (χ4v) is 2.98. The first-order valence-corrected chi connectivity index (χ1v) is 9.05. The summed E-state index contributed by atoms with van der Waals surface area (Å²) in [6, 6.07) is 3.80. The Bertz CT molecular complexity index is 705. The van der Waals surface area contributed by atoms with E-state index in [4.69, 9.17) is 11.6 Å². The number of hydrogen-bond acceptors (Lipinski definition) is 3. The van der Waals surface area contributed by atoms with E-state index in [0.717, 1.165) is 49.6 Å². The SMILES string of the molecule is CCc1nn(C)c(CC)c1CNC(=NC)NCCc1ccc(Cl)nc1. The molecule has 0 radical (unpaired) electrons. The van der Waals surface area contributed by atoms with Crippen molar-refractivity contribution in [3.8, 4) is 0 Å². The van der Waals surface area contributed by atoms with Crippen LogP contribution in [0.1, 0.15) is 36.4 Å². The maximum atomic E-state index is 5.81. The molecule has 0 saturated heterocycles. The molecule has 0 bridgehead atoms. The average molecular weight is 363 g/mol. The van der Waals surface area contributed by atoms with Crippen molar-refractivity contribution in [1.82, 2.24) is 25.4 Å². The van der Waals surface area contributed by atoms with Crippen LogP contribution >= 0.6 is 11.6 Å². The largest absolute Gasteiger partial charge is 0.356 e. The summed E-state index contributed by atoms with van der Waals surface area (Å²) in [4.78, 5) is 8.39. The highest BCUT2D eigenvalue weighted by Crippen LogP contribution is 2.15. The van der Waals surface area contributed by atoms with Gasteiger partial charge in [0.15, 0.2) is 5.96 Å². The van der Waals surface area contributed by atoms with Crippen molar-refractivity contribution in [2.24, 2.45) is 12.0 Å². The predicted octanol–water partition coefficient (Wildman–Crippen LogP) is 2.50. The number of hydrogen-bond donors (Lipinski definition) is 2. The molecular formula is C18H27ClN6. The van der Waals surface area contributed by atoms with E-state index in [1.807, 2.05) is 23.9 Å². The minimum atomic E-state index is 0.518.